The van der Waals surface area contributed by atoms with Gasteiger partial charge in [0.25, 0.3) is 0 Å². The van der Waals surface area contributed by atoms with Crippen molar-refractivity contribution in [3.63, 3.8) is 0 Å². The van der Waals surface area contributed by atoms with Crippen molar-refractivity contribution < 1.29 is 9.15 Å². The summed E-state index contributed by atoms with van der Waals surface area (Å²) in [5, 5.41) is 2.13. The third-order valence-electron chi connectivity index (χ3n) is 3.45. The quantitative estimate of drug-likeness (QED) is 0.553. The summed E-state index contributed by atoms with van der Waals surface area (Å²) >= 11 is 0. The third-order valence-corrected chi connectivity index (χ3v) is 3.45. The second-order valence-corrected chi connectivity index (χ2v) is 4.59. The number of nitrogens with zero attached hydrogens (tertiary/aromatic N) is 2. The second-order valence-electron chi connectivity index (χ2n) is 4.59. The van der Waals surface area contributed by atoms with Crippen molar-refractivity contribution in [3.8, 4) is 11.4 Å². The van der Waals surface area contributed by atoms with Gasteiger partial charge in [-0.1, -0.05) is 18.2 Å². The maximum atomic E-state index is 5.90. The van der Waals surface area contributed by atoms with Gasteiger partial charge in [-0.25, -0.2) is 4.98 Å². The lowest BCUT2D eigenvalue weighted by Gasteiger charge is -2.06. The number of benzene rings is 2. The zero-order chi connectivity index (χ0) is 13.5. The van der Waals surface area contributed by atoms with Crippen LogP contribution in [0, 0.1) is 0 Å². The second kappa shape index (κ2) is 4.13. The van der Waals surface area contributed by atoms with E-state index in [0.29, 0.717) is 0 Å². The highest BCUT2D eigenvalue weighted by Gasteiger charge is 2.13. The summed E-state index contributed by atoms with van der Waals surface area (Å²) < 4.78 is 13.3. The van der Waals surface area contributed by atoms with Crippen LogP contribution in [0.25, 0.3) is 27.6 Å². The Balaban J connectivity index is 2.12. The van der Waals surface area contributed by atoms with Crippen molar-refractivity contribution in [1.29, 1.82) is 0 Å². The van der Waals surface area contributed by atoms with E-state index in [4.69, 9.17) is 9.15 Å². The first kappa shape index (κ1) is 11.1. The van der Waals surface area contributed by atoms with E-state index >= 15 is 0 Å². The Labute approximate surface area is 115 Å². The molecule has 0 bridgehead atoms. The minimum atomic E-state index is 0.724. The maximum absolute atomic E-state index is 5.90. The molecular weight excluding hydrogens is 252 g/mol. The van der Waals surface area contributed by atoms with Crippen LogP contribution in [0.1, 0.15) is 0 Å². The van der Waals surface area contributed by atoms with Crippen molar-refractivity contribution in [2.24, 2.45) is 0 Å². The average molecular weight is 264 g/mol. The van der Waals surface area contributed by atoms with Crippen molar-refractivity contribution in [1.82, 2.24) is 9.55 Å². The fraction of sp³-hybridized carbons (Fsp3) is 0.0625. The molecule has 0 saturated heterocycles. The molecule has 0 atom stereocenters. The predicted molar refractivity (Wildman–Crippen MR) is 77.4 cm³/mol. The largest absolute Gasteiger partial charge is 0.493 e. The van der Waals surface area contributed by atoms with Gasteiger partial charge in [-0.2, -0.15) is 0 Å². The number of fused-ring (bicyclic) bond motifs is 3. The minimum absolute atomic E-state index is 0.724. The van der Waals surface area contributed by atoms with E-state index in [1.807, 2.05) is 35.0 Å². The highest BCUT2D eigenvalue weighted by Crippen LogP contribution is 2.36. The van der Waals surface area contributed by atoms with Crippen LogP contribution in [-0.4, -0.2) is 16.7 Å². The van der Waals surface area contributed by atoms with Gasteiger partial charge in [-0.3, -0.25) is 0 Å². The topological polar surface area (TPSA) is 40.2 Å². The highest BCUT2D eigenvalue weighted by molar-refractivity contribution is 6.07. The van der Waals surface area contributed by atoms with Crippen molar-refractivity contribution in [2.45, 2.75) is 0 Å². The van der Waals surface area contributed by atoms with Crippen LogP contribution in [0.4, 0.5) is 0 Å². The van der Waals surface area contributed by atoms with Gasteiger partial charge in [0, 0.05) is 29.2 Å². The number of para-hydroxylation sites is 1. The first-order valence-electron chi connectivity index (χ1n) is 6.34. The Morgan fingerprint density at radius 1 is 1.15 bits per heavy atom. The molecule has 0 fully saturated rings. The molecule has 2 aromatic heterocycles. The van der Waals surface area contributed by atoms with E-state index in [-0.39, 0.29) is 0 Å². The number of methoxy groups -OCH3 is 1. The molecule has 2 aromatic carbocycles. The Morgan fingerprint density at radius 3 is 2.85 bits per heavy atom. The molecule has 0 saturated carbocycles. The summed E-state index contributed by atoms with van der Waals surface area (Å²) in [4.78, 5) is 4.08. The standard InChI is InChI=1S/C16H12N2O2/c1-19-15-9-11(18-7-6-17-10-18)8-13-12-4-2-3-5-14(12)20-16(13)15/h2-10H,1H3. The van der Waals surface area contributed by atoms with Crippen LogP contribution in [0.5, 0.6) is 5.75 Å². The summed E-state index contributed by atoms with van der Waals surface area (Å²) in [6.07, 6.45) is 5.43. The molecule has 2 heterocycles. The van der Waals surface area contributed by atoms with Gasteiger partial charge >= 0.3 is 0 Å². The smallest absolute Gasteiger partial charge is 0.177 e. The fourth-order valence-corrected chi connectivity index (χ4v) is 2.49. The molecule has 20 heavy (non-hydrogen) atoms. The van der Waals surface area contributed by atoms with Crippen molar-refractivity contribution in [2.75, 3.05) is 7.11 Å². The Kier molecular flexibility index (Phi) is 2.29. The van der Waals surface area contributed by atoms with Crippen LogP contribution in [-0.2, 0) is 0 Å². The Hall–Kier alpha value is -2.75. The minimum Gasteiger partial charge on any atom is -0.493 e. The van der Waals surface area contributed by atoms with Crippen molar-refractivity contribution in [3.05, 3.63) is 55.1 Å². The van der Waals surface area contributed by atoms with E-state index in [9.17, 15) is 0 Å². The van der Waals surface area contributed by atoms with Crippen LogP contribution >= 0.6 is 0 Å². The van der Waals surface area contributed by atoms with E-state index in [1.54, 1.807) is 19.6 Å². The van der Waals surface area contributed by atoms with Gasteiger partial charge in [0.1, 0.15) is 5.58 Å². The molecule has 0 unspecified atom stereocenters. The molecule has 4 heteroatoms. The number of furan rings is 1. The number of hydrogen-bond donors (Lipinski definition) is 0. The van der Waals surface area contributed by atoms with Gasteiger partial charge in [-0.15, -0.1) is 0 Å². The maximum Gasteiger partial charge on any atom is 0.177 e. The van der Waals surface area contributed by atoms with E-state index in [2.05, 4.69) is 17.1 Å². The summed E-state index contributed by atoms with van der Waals surface area (Å²) in [6, 6.07) is 12.0. The summed E-state index contributed by atoms with van der Waals surface area (Å²) in [5.74, 6) is 0.724. The molecule has 0 amide bonds. The summed E-state index contributed by atoms with van der Waals surface area (Å²) in [7, 11) is 1.65. The van der Waals surface area contributed by atoms with Crippen LogP contribution in [0.3, 0.4) is 0 Å². The molecule has 4 aromatic rings. The van der Waals surface area contributed by atoms with Crippen LogP contribution in [0.2, 0.25) is 0 Å². The lowest BCUT2D eigenvalue weighted by atomic mass is 10.1. The number of imidazole rings is 1. The number of ether oxygens (including phenoxy) is 1. The summed E-state index contributed by atoms with van der Waals surface area (Å²) in [5.41, 5.74) is 2.64. The monoisotopic (exact) mass is 264 g/mol. The van der Waals surface area contributed by atoms with E-state index < -0.39 is 0 Å². The molecule has 0 spiro atoms. The van der Waals surface area contributed by atoms with Gasteiger partial charge in [0.15, 0.2) is 11.3 Å². The Bertz CT molecular complexity index is 892. The van der Waals surface area contributed by atoms with Gasteiger partial charge in [0.05, 0.1) is 19.1 Å². The Morgan fingerprint density at radius 2 is 2.05 bits per heavy atom. The van der Waals surface area contributed by atoms with Crippen molar-refractivity contribution >= 4 is 21.9 Å². The highest BCUT2D eigenvalue weighted by atomic mass is 16.5. The molecule has 4 rings (SSSR count). The number of hydrogen-bond acceptors (Lipinski definition) is 3. The molecule has 0 radical (unpaired) electrons. The van der Waals surface area contributed by atoms with Gasteiger partial charge < -0.3 is 13.7 Å². The molecule has 98 valence electrons. The zero-order valence-corrected chi connectivity index (χ0v) is 10.9. The van der Waals surface area contributed by atoms with Crippen LogP contribution in [0.15, 0.2) is 59.5 Å². The first-order chi connectivity index (χ1) is 9.86. The molecular formula is C16H12N2O2. The van der Waals surface area contributed by atoms with Gasteiger partial charge in [-0.05, 0) is 12.1 Å². The first-order valence-corrected chi connectivity index (χ1v) is 6.34. The molecule has 0 aliphatic heterocycles. The molecule has 0 aliphatic carbocycles. The predicted octanol–water partition coefficient (Wildman–Crippen LogP) is 3.78. The lowest BCUT2D eigenvalue weighted by Crippen LogP contribution is -1.92. The molecule has 0 aliphatic rings. The number of rotatable bonds is 2. The van der Waals surface area contributed by atoms with E-state index in [0.717, 1.165) is 33.4 Å². The number of aromatic nitrogens is 2. The SMILES string of the molecule is COc1cc(-n2ccnc2)cc2c1oc1ccccc12. The zero-order valence-electron chi connectivity index (χ0n) is 10.9. The van der Waals surface area contributed by atoms with Gasteiger partial charge in [0.2, 0.25) is 0 Å². The lowest BCUT2D eigenvalue weighted by molar-refractivity contribution is 0.412. The van der Waals surface area contributed by atoms with E-state index in [1.165, 1.54) is 0 Å². The molecule has 4 nitrogen and oxygen atoms in total. The fourth-order valence-electron chi connectivity index (χ4n) is 2.49. The average Bonchev–Trinajstić information content (AvgIpc) is 3.13. The summed E-state index contributed by atoms with van der Waals surface area (Å²) in [6.45, 7) is 0. The normalized spacial score (nSPS) is 11.2. The van der Waals surface area contributed by atoms with Crippen LogP contribution < -0.4 is 4.74 Å². The molecule has 0 N–H and O–H groups in total. The third kappa shape index (κ3) is 1.51.